The third-order valence-corrected chi connectivity index (χ3v) is 5.72. The van der Waals surface area contributed by atoms with Crippen molar-refractivity contribution in [1.29, 1.82) is 0 Å². The van der Waals surface area contributed by atoms with Gasteiger partial charge in [-0.3, -0.25) is 4.79 Å². The van der Waals surface area contributed by atoms with Crippen LogP contribution in [0.2, 0.25) is 0 Å². The highest BCUT2D eigenvalue weighted by atomic mass is 16.1. The minimum absolute atomic E-state index is 0.0654. The summed E-state index contributed by atoms with van der Waals surface area (Å²) in [6.45, 7) is 2.36. The molecular weight excluding hydrogens is 282 g/mol. The molecule has 118 valence electrons. The summed E-state index contributed by atoms with van der Waals surface area (Å²) in [6, 6.07) is 18.0. The molecule has 0 fully saturated rings. The quantitative estimate of drug-likeness (QED) is 0.846. The summed E-state index contributed by atoms with van der Waals surface area (Å²) in [4.78, 5) is 11.1. The molecule has 3 aliphatic rings. The normalized spacial score (nSPS) is 24.0. The van der Waals surface area contributed by atoms with E-state index < -0.39 is 0 Å². The van der Waals surface area contributed by atoms with Crippen molar-refractivity contribution in [2.24, 2.45) is 0 Å². The number of benzene rings is 2. The summed E-state index contributed by atoms with van der Waals surface area (Å²) in [5.41, 5.74) is 6.24. The van der Waals surface area contributed by atoms with E-state index >= 15 is 0 Å². The highest BCUT2D eigenvalue weighted by molar-refractivity contribution is 5.72. The summed E-state index contributed by atoms with van der Waals surface area (Å²) in [5.74, 6) is 0.635. The fourth-order valence-corrected chi connectivity index (χ4v) is 4.81. The number of hydrogen-bond donors (Lipinski definition) is 1. The number of fused-ring (bicyclic) bond motifs is 1. The van der Waals surface area contributed by atoms with Gasteiger partial charge in [-0.25, -0.2) is 0 Å². The lowest BCUT2D eigenvalue weighted by Crippen LogP contribution is -2.40. The van der Waals surface area contributed by atoms with Gasteiger partial charge < -0.3 is 5.32 Å². The van der Waals surface area contributed by atoms with Crippen LogP contribution in [0.25, 0.3) is 0 Å². The molecule has 5 rings (SSSR count). The van der Waals surface area contributed by atoms with E-state index in [-0.39, 0.29) is 11.3 Å². The van der Waals surface area contributed by atoms with Gasteiger partial charge >= 0.3 is 0 Å². The Labute approximate surface area is 137 Å². The Kier molecular flexibility index (Phi) is 3.48. The second-order valence-corrected chi connectivity index (χ2v) is 6.93. The second-order valence-electron chi connectivity index (χ2n) is 6.93. The summed E-state index contributed by atoms with van der Waals surface area (Å²) >= 11 is 0. The van der Waals surface area contributed by atoms with Crippen LogP contribution in [0.5, 0.6) is 0 Å². The highest BCUT2D eigenvalue weighted by Crippen LogP contribution is 2.57. The van der Waals surface area contributed by atoms with Crippen molar-refractivity contribution in [2.75, 3.05) is 6.54 Å². The Balaban J connectivity index is 1.74. The molecular formula is C21H23NO. The third kappa shape index (κ3) is 2.20. The minimum atomic E-state index is 0.0654. The maximum atomic E-state index is 11.1. The van der Waals surface area contributed by atoms with Crippen LogP contribution in [0.3, 0.4) is 0 Å². The predicted molar refractivity (Wildman–Crippen MR) is 92.7 cm³/mol. The fourth-order valence-electron chi connectivity index (χ4n) is 4.81. The van der Waals surface area contributed by atoms with Gasteiger partial charge in [-0.2, -0.15) is 0 Å². The molecule has 2 aromatic rings. The summed E-state index contributed by atoms with van der Waals surface area (Å²) in [7, 11) is 0. The molecule has 0 aliphatic heterocycles. The molecule has 0 radical (unpaired) electrons. The van der Waals surface area contributed by atoms with E-state index in [4.69, 9.17) is 0 Å². The molecule has 0 unspecified atom stereocenters. The van der Waals surface area contributed by atoms with Gasteiger partial charge in [0.15, 0.2) is 0 Å². The van der Waals surface area contributed by atoms with Crippen molar-refractivity contribution >= 4 is 5.91 Å². The Morgan fingerprint density at radius 1 is 1.09 bits per heavy atom. The maximum Gasteiger partial charge on any atom is 0.216 e. The average molecular weight is 305 g/mol. The van der Waals surface area contributed by atoms with Gasteiger partial charge in [-0.1, -0.05) is 48.5 Å². The van der Waals surface area contributed by atoms with Crippen LogP contribution in [0, 0.1) is 0 Å². The highest BCUT2D eigenvalue weighted by Gasteiger charge is 2.47. The minimum Gasteiger partial charge on any atom is -0.356 e. The smallest absolute Gasteiger partial charge is 0.216 e. The summed E-state index contributed by atoms with van der Waals surface area (Å²) in [5, 5.41) is 2.95. The van der Waals surface area contributed by atoms with Gasteiger partial charge in [-0.15, -0.1) is 0 Å². The van der Waals surface area contributed by atoms with Crippen LogP contribution in [0.15, 0.2) is 48.5 Å². The van der Waals surface area contributed by atoms with Crippen molar-refractivity contribution in [3.05, 3.63) is 70.8 Å². The zero-order chi connectivity index (χ0) is 15.9. The number of carbonyl (C=O) groups excluding carboxylic acids is 1. The molecule has 2 aromatic carbocycles. The Morgan fingerprint density at radius 2 is 1.70 bits per heavy atom. The van der Waals surface area contributed by atoms with Gasteiger partial charge in [-0.05, 0) is 47.9 Å². The van der Waals surface area contributed by atoms with Gasteiger partial charge in [0.05, 0.1) is 0 Å². The topological polar surface area (TPSA) is 29.1 Å². The molecule has 0 spiro atoms. The van der Waals surface area contributed by atoms with Gasteiger partial charge in [0.2, 0.25) is 5.91 Å². The summed E-state index contributed by atoms with van der Waals surface area (Å²) < 4.78 is 0. The van der Waals surface area contributed by atoms with Crippen LogP contribution in [-0.2, 0) is 10.2 Å². The van der Waals surface area contributed by atoms with Crippen molar-refractivity contribution in [1.82, 2.24) is 5.32 Å². The van der Waals surface area contributed by atoms with Crippen molar-refractivity contribution in [2.45, 2.75) is 43.9 Å². The van der Waals surface area contributed by atoms with Crippen LogP contribution < -0.4 is 5.32 Å². The van der Waals surface area contributed by atoms with E-state index in [1.807, 2.05) is 0 Å². The standard InChI is InChI=1S/C21H23NO/c1-15(23)22-14-6-12-21-13-11-16(17-7-2-4-9-19(17)21)18-8-3-5-10-20(18)21/h2-5,7-10,16H,6,11-14H2,1H3,(H,22,23). The molecule has 1 N–H and O–H groups in total. The molecule has 3 aliphatic carbocycles. The van der Waals surface area contributed by atoms with E-state index in [2.05, 4.69) is 53.8 Å². The first-order chi connectivity index (χ1) is 11.2. The van der Waals surface area contributed by atoms with Gasteiger partial charge in [0, 0.05) is 24.8 Å². The maximum absolute atomic E-state index is 11.1. The molecule has 0 saturated heterocycles. The van der Waals surface area contributed by atoms with Gasteiger partial charge in [0.1, 0.15) is 0 Å². The first-order valence-electron chi connectivity index (χ1n) is 8.66. The van der Waals surface area contributed by atoms with E-state index in [1.54, 1.807) is 6.92 Å². The molecule has 0 heterocycles. The lowest BCUT2D eigenvalue weighted by molar-refractivity contribution is -0.118. The monoisotopic (exact) mass is 305 g/mol. The van der Waals surface area contributed by atoms with Crippen molar-refractivity contribution in [3.8, 4) is 0 Å². The lowest BCUT2D eigenvalue weighted by atomic mass is 9.54. The predicted octanol–water partition coefficient (Wildman–Crippen LogP) is 4.13. The van der Waals surface area contributed by atoms with Crippen LogP contribution in [-0.4, -0.2) is 12.5 Å². The van der Waals surface area contributed by atoms with Gasteiger partial charge in [0.25, 0.3) is 0 Å². The van der Waals surface area contributed by atoms with Crippen LogP contribution in [0.1, 0.15) is 60.8 Å². The first-order valence-corrected chi connectivity index (χ1v) is 8.66. The Morgan fingerprint density at radius 3 is 2.30 bits per heavy atom. The molecule has 23 heavy (non-hydrogen) atoms. The second kappa shape index (κ2) is 5.52. The SMILES string of the molecule is CC(=O)NCCCC12CCC(c3ccccc31)c1ccccc12. The average Bonchev–Trinajstić information content (AvgIpc) is 2.59. The number of rotatable bonds is 4. The largest absolute Gasteiger partial charge is 0.356 e. The van der Waals surface area contributed by atoms with E-state index in [0.29, 0.717) is 5.92 Å². The molecule has 0 atom stereocenters. The molecule has 0 aromatic heterocycles. The van der Waals surface area contributed by atoms with E-state index in [1.165, 1.54) is 35.1 Å². The third-order valence-electron chi connectivity index (χ3n) is 5.72. The van der Waals surface area contributed by atoms with E-state index in [0.717, 1.165) is 19.4 Å². The Bertz CT molecular complexity index is 702. The van der Waals surface area contributed by atoms with Crippen molar-refractivity contribution in [3.63, 3.8) is 0 Å². The number of hydrogen-bond acceptors (Lipinski definition) is 1. The first kappa shape index (κ1) is 14.5. The molecule has 0 saturated carbocycles. The van der Waals surface area contributed by atoms with E-state index in [9.17, 15) is 4.79 Å². The molecule has 1 amide bonds. The Hall–Kier alpha value is -2.09. The van der Waals surface area contributed by atoms with Crippen molar-refractivity contribution < 1.29 is 4.79 Å². The number of nitrogens with one attached hydrogen (secondary N) is 1. The molecule has 2 nitrogen and oxygen atoms in total. The van der Waals surface area contributed by atoms with Crippen LogP contribution >= 0.6 is 0 Å². The number of amides is 1. The zero-order valence-electron chi connectivity index (χ0n) is 13.6. The van der Waals surface area contributed by atoms with Crippen LogP contribution in [0.4, 0.5) is 0 Å². The number of carbonyl (C=O) groups is 1. The summed E-state index contributed by atoms with van der Waals surface area (Å²) in [6.07, 6.45) is 4.60. The lowest BCUT2D eigenvalue weighted by Gasteiger charge is -2.49. The fraction of sp³-hybridized carbons (Fsp3) is 0.381. The molecule has 2 bridgehead atoms. The zero-order valence-corrected chi connectivity index (χ0v) is 13.6. The molecule has 2 heteroatoms.